The molecule has 82 valence electrons. The maximum atomic E-state index is 11.6. The third-order valence-corrected chi connectivity index (χ3v) is 2.02. The van der Waals surface area contributed by atoms with E-state index in [9.17, 15) is 4.79 Å². The summed E-state index contributed by atoms with van der Waals surface area (Å²) in [5, 5.41) is 3.95. The van der Waals surface area contributed by atoms with E-state index >= 15 is 0 Å². The van der Waals surface area contributed by atoms with Crippen molar-refractivity contribution in [2.24, 2.45) is 5.10 Å². The Kier molecular flexibility index (Phi) is 2.59. The first-order valence-corrected chi connectivity index (χ1v) is 4.74. The molecule has 0 fully saturated rings. The van der Waals surface area contributed by atoms with Crippen LogP contribution in [0.4, 0.5) is 5.82 Å². The van der Waals surface area contributed by atoms with E-state index < -0.39 is 0 Å². The summed E-state index contributed by atoms with van der Waals surface area (Å²) in [5.74, 6) is 0.861. The highest BCUT2D eigenvalue weighted by atomic mass is 16.3. The Morgan fingerprint density at radius 1 is 1.50 bits per heavy atom. The highest BCUT2D eigenvalue weighted by Crippen LogP contribution is 2.02. The lowest BCUT2D eigenvalue weighted by atomic mass is 10.3. The summed E-state index contributed by atoms with van der Waals surface area (Å²) in [6, 6.07) is 6.62. The molecule has 2 N–H and O–H groups in total. The lowest BCUT2D eigenvalue weighted by Crippen LogP contribution is -2.19. The Morgan fingerprint density at radius 3 is 2.94 bits per heavy atom. The quantitative estimate of drug-likeness (QED) is 0.768. The summed E-state index contributed by atoms with van der Waals surface area (Å²) in [7, 11) is 0. The maximum Gasteiger partial charge on any atom is 0.273 e. The van der Waals surface area contributed by atoms with Crippen molar-refractivity contribution in [1.82, 2.24) is 4.68 Å². The molecule has 0 aliphatic heterocycles. The van der Waals surface area contributed by atoms with E-state index in [2.05, 4.69) is 5.10 Å². The smallest absolute Gasteiger partial charge is 0.273 e. The van der Waals surface area contributed by atoms with Gasteiger partial charge in [0.2, 0.25) is 0 Å². The molecule has 0 radical (unpaired) electrons. The van der Waals surface area contributed by atoms with Crippen molar-refractivity contribution in [3.05, 3.63) is 52.2 Å². The minimum Gasteiger partial charge on any atom is -0.463 e. The Morgan fingerprint density at radius 2 is 2.31 bits per heavy atom. The highest BCUT2D eigenvalue weighted by Gasteiger charge is 1.99. The van der Waals surface area contributed by atoms with Crippen LogP contribution in [0.1, 0.15) is 11.3 Å². The number of nitrogens with two attached hydrogens (primary N) is 1. The first-order valence-electron chi connectivity index (χ1n) is 4.74. The molecule has 2 heterocycles. The predicted octanol–water partition coefficient (Wildman–Crippen LogP) is 1.21. The fraction of sp³-hybridized carbons (Fsp3) is 0.0909. The SMILES string of the molecule is Cc1cc(N)n(/N=C\c2ccco2)c(=O)c1. The zero-order valence-corrected chi connectivity index (χ0v) is 8.75. The average Bonchev–Trinajstić information content (AvgIpc) is 2.68. The number of nitrogen functional groups attached to an aromatic ring is 1. The molecule has 0 aliphatic carbocycles. The Bertz CT molecular complexity index is 567. The van der Waals surface area contributed by atoms with E-state index in [1.165, 1.54) is 18.5 Å². The van der Waals surface area contributed by atoms with Crippen molar-refractivity contribution < 1.29 is 4.42 Å². The van der Waals surface area contributed by atoms with Gasteiger partial charge in [-0.15, -0.1) is 0 Å². The second kappa shape index (κ2) is 4.06. The Hall–Kier alpha value is -2.30. The fourth-order valence-electron chi connectivity index (χ4n) is 1.32. The van der Waals surface area contributed by atoms with Gasteiger partial charge in [-0.3, -0.25) is 4.79 Å². The second-order valence-electron chi connectivity index (χ2n) is 3.37. The van der Waals surface area contributed by atoms with Crippen molar-refractivity contribution in [1.29, 1.82) is 0 Å². The highest BCUT2D eigenvalue weighted by molar-refractivity contribution is 5.75. The number of furan rings is 1. The second-order valence-corrected chi connectivity index (χ2v) is 3.37. The standard InChI is InChI=1S/C11H11N3O2/c1-8-5-10(12)14(11(15)6-8)13-7-9-3-2-4-16-9/h2-7H,12H2,1H3/b13-7-. The summed E-state index contributed by atoms with van der Waals surface area (Å²) >= 11 is 0. The van der Waals surface area contributed by atoms with Crippen molar-refractivity contribution in [2.75, 3.05) is 5.73 Å². The van der Waals surface area contributed by atoms with Gasteiger partial charge in [0.1, 0.15) is 11.6 Å². The van der Waals surface area contributed by atoms with Gasteiger partial charge in [0, 0.05) is 6.07 Å². The first kappa shape index (κ1) is 10.2. The van der Waals surface area contributed by atoms with Crippen molar-refractivity contribution in [3.63, 3.8) is 0 Å². The van der Waals surface area contributed by atoms with E-state index in [1.54, 1.807) is 25.1 Å². The largest absolute Gasteiger partial charge is 0.463 e. The van der Waals surface area contributed by atoms with Gasteiger partial charge in [0.15, 0.2) is 0 Å². The van der Waals surface area contributed by atoms with Crippen LogP contribution in [0.2, 0.25) is 0 Å². The Labute approximate surface area is 91.8 Å². The van der Waals surface area contributed by atoms with Gasteiger partial charge < -0.3 is 10.2 Å². The molecule has 0 amide bonds. The number of anilines is 1. The van der Waals surface area contributed by atoms with Crippen LogP contribution in [0, 0.1) is 6.92 Å². The molecule has 0 atom stereocenters. The van der Waals surface area contributed by atoms with Crippen LogP contribution in [-0.2, 0) is 0 Å². The number of nitrogens with zero attached hydrogens (tertiary/aromatic N) is 2. The maximum absolute atomic E-state index is 11.6. The molecule has 2 rings (SSSR count). The molecule has 0 spiro atoms. The molecule has 0 unspecified atom stereocenters. The van der Waals surface area contributed by atoms with Gasteiger partial charge in [-0.25, -0.2) is 0 Å². The van der Waals surface area contributed by atoms with E-state index in [0.717, 1.165) is 10.2 Å². The van der Waals surface area contributed by atoms with Crippen LogP contribution in [-0.4, -0.2) is 10.9 Å². The molecule has 0 aliphatic rings. The van der Waals surface area contributed by atoms with E-state index in [0.29, 0.717) is 11.6 Å². The van der Waals surface area contributed by atoms with E-state index in [-0.39, 0.29) is 5.56 Å². The van der Waals surface area contributed by atoms with E-state index in [4.69, 9.17) is 10.2 Å². The number of hydrogen-bond acceptors (Lipinski definition) is 4. The van der Waals surface area contributed by atoms with Gasteiger partial charge in [0.05, 0.1) is 12.5 Å². The zero-order chi connectivity index (χ0) is 11.5. The van der Waals surface area contributed by atoms with Gasteiger partial charge in [-0.1, -0.05) is 0 Å². The van der Waals surface area contributed by atoms with Gasteiger partial charge in [-0.05, 0) is 30.7 Å². The van der Waals surface area contributed by atoms with Crippen LogP contribution in [0.5, 0.6) is 0 Å². The minimum atomic E-state index is -0.264. The molecule has 5 nitrogen and oxygen atoms in total. The molecule has 16 heavy (non-hydrogen) atoms. The molecule has 5 heteroatoms. The van der Waals surface area contributed by atoms with Gasteiger partial charge in [-0.2, -0.15) is 9.78 Å². The minimum absolute atomic E-state index is 0.264. The molecule has 2 aromatic rings. The number of aromatic nitrogens is 1. The van der Waals surface area contributed by atoms with Crippen LogP contribution in [0.15, 0.2) is 44.8 Å². The first-order chi connectivity index (χ1) is 7.66. The molecular formula is C11H11N3O2. The van der Waals surface area contributed by atoms with Crippen LogP contribution < -0.4 is 11.3 Å². The number of rotatable bonds is 2. The normalized spacial score (nSPS) is 11.1. The lowest BCUT2D eigenvalue weighted by Gasteiger charge is -2.02. The topological polar surface area (TPSA) is 73.5 Å². The van der Waals surface area contributed by atoms with E-state index in [1.807, 2.05) is 0 Å². The number of aryl methyl sites for hydroxylation is 1. The van der Waals surface area contributed by atoms with Crippen LogP contribution in [0.25, 0.3) is 0 Å². The van der Waals surface area contributed by atoms with Gasteiger partial charge >= 0.3 is 0 Å². The van der Waals surface area contributed by atoms with Gasteiger partial charge in [0.25, 0.3) is 5.56 Å². The molecule has 0 aromatic carbocycles. The molecule has 2 aromatic heterocycles. The van der Waals surface area contributed by atoms with Crippen molar-refractivity contribution >= 4 is 12.0 Å². The molecular weight excluding hydrogens is 206 g/mol. The summed E-state index contributed by atoms with van der Waals surface area (Å²) < 4.78 is 6.17. The van der Waals surface area contributed by atoms with Crippen LogP contribution in [0.3, 0.4) is 0 Å². The Balaban J connectivity index is 2.39. The lowest BCUT2D eigenvalue weighted by molar-refractivity contribution is 0.559. The zero-order valence-electron chi connectivity index (χ0n) is 8.75. The molecule has 0 saturated heterocycles. The summed E-state index contributed by atoms with van der Waals surface area (Å²) in [6.07, 6.45) is 2.97. The third-order valence-electron chi connectivity index (χ3n) is 2.02. The summed E-state index contributed by atoms with van der Waals surface area (Å²) in [4.78, 5) is 11.6. The average molecular weight is 217 g/mol. The monoisotopic (exact) mass is 217 g/mol. The number of pyridine rings is 1. The van der Waals surface area contributed by atoms with Crippen molar-refractivity contribution in [2.45, 2.75) is 6.92 Å². The summed E-state index contributed by atoms with van der Waals surface area (Å²) in [5.41, 5.74) is 6.23. The molecule has 0 bridgehead atoms. The fourth-order valence-corrected chi connectivity index (χ4v) is 1.32. The predicted molar refractivity (Wildman–Crippen MR) is 61.6 cm³/mol. The number of hydrogen-bond donors (Lipinski definition) is 1. The third kappa shape index (κ3) is 2.03. The summed E-state index contributed by atoms with van der Waals surface area (Å²) in [6.45, 7) is 1.80. The van der Waals surface area contributed by atoms with Crippen molar-refractivity contribution in [3.8, 4) is 0 Å². The molecule has 0 saturated carbocycles. The van der Waals surface area contributed by atoms with Crippen LogP contribution >= 0.6 is 0 Å².